The van der Waals surface area contributed by atoms with E-state index < -0.39 is 0 Å². The van der Waals surface area contributed by atoms with Gasteiger partial charge in [0.1, 0.15) is 5.15 Å². The molecule has 0 spiro atoms. The van der Waals surface area contributed by atoms with Gasteiger partial charge >= 0.3 is 0 Å². The topological polar surface area (TPSA) is 39.1 Å². The fourth-order valence-electron chi connectivity index (χ4n) is 1.55. The lowest BCUT2D eigenvalue weighted by molar-refractivity contribution is 0.111. The van der Waals surface area contributed by atoms with Crippen LogP contribution in [0.25, 0.3) is 5.69 Å². The number of aldehydes is 2. The Morgan fingerprint density at radius 2 is 1.76 bits per heavy atom. The third-order valence-corrected chi connectivity index (χ3v) is 3.24. The van der Waals surface area contributed by atoms with E-state index in [1.54, 1.807) is 12.1 Å². The molecule has 0 N–H and O–H groups in total. The van der Waals surface area contributed by atoms with Gasteiger partial charge in [-0.3, -0.25) is 14.2 Å². The summed E-state index contributed by atoms with van der Waals surface area (Å²) >= 11 is 9.37. The van der Waals surface area contributed by atoms with Gasteiger partial charge in [-0.05, 0) is 30.3 Å². The molecule has 1 heterocycles. The first-order valence-electron chi connectivity index (χ1n) is 4.75. The lowest BCUT2D eigenvalue weighted by Gasteiger charge is -2.07. The predicted octanol–water partition coefficient (Wildman–Crippen LogP) is 3.52. The minimum atomic E-state index is 0.240. The van der Waals surface area contributed by atoms with Crippen LogP contribution in [-0.4, -0.2) is 17.1 Å². The Balaban J connectivity index is 2.65. The molecule has 0 aliphatic rings. The SMILES string of the molecule is O=Cc1cc(C=O)n(-c2ccc(Br)cc2)c1Cl. The minimum absolute atomic E-state index is 0.240. The number of rotatable bonds is 3. The van der Waals surface area contributed by atoms with Crippen molar-refractivity contribution in [3.8, 4) is 5.69 Å². The Kier molecular flexibility index (Phi) is 3.45. The van der Waals surface area contributed by atoms with Crippen LogP contribution in [0, 0.1) is 0 Å². The maximum atomic E-state index is 10.9. The van der Waals surface area contributed by atoms with E-state index in [1.807, 2.05) is 12.1 Å². The zero-order valence-electron chi connectivity index (χ0n) is 8.56. The minimum Gasteiger partial charge on any atom is -0.298 e. The highest BCUT2D eigenvalue weighted by atomic mass is 79.9. The van der Waals surface area contributed by atoms with Gasteiger partial charge in [-0.15, -0.1) is 0 Å². The summed E-state index contributed by atoms with van der Waals surface area (Å²) < 4.78 is 2.46. The van der Waals surface area contributed by atoms with Crippen molar-refractivity contribution < 1.29 is 9.59 Å². The quantitative estimate of drug-likeness (QED) is 0.813. The van der Waals surface area contributed by atoms with Gasteiger partial charge in [-0.2, -0.15) is 0 Å². The second-order valence-corrected chi connectivity index (χ2v) is 4.64. The molecule has 1 aromatic carbocycles. The number of carbonyl (C=O) groups excluding carboxylic acids is 2. The van der Waals surface area contributed by atoms with E-state index in [0.717, 1.165) is 10.2 Å². The van der Waals surface area contributed by atoms with Gasteiger partial charge in [0.15, 0.2) is 12.6 Å². The van der Waals surface area contributed by atoms with Crippen molar-refractivity contribution >= 4 is 40.1 Å². The number of halogens is 2. The Hall–Kier alpha value is -1.39. The third-order valence-electron chi connectivity index (χ3n) is 2.33. The van der Waals surface area contributed by atoms with E-state index in [-0.39, 0.29) is 5.15 Å². The van der Waals surface area contributed by atoms with Crippen molar-refractivity contribution in [1.82, 2.24) is 4.57 Å². The Morgan fingerprint density at radius 1 is 1.12 bits per heavy atom. The molecule has 0 atom stereocenters. The van der Waals surface area contributed by atoms with Crippen LogP contribution in [0.1, 0.15) is 20.8 Å². The number of carbonyl (C=O) groups is 2. The molecule has 17 heavy (non-hydrogen) atoms. The number of aromatic nitrogens is 1. The van der Waals surface area contributed by atoms with Gasteiger partial charge in [0.05, 0.1) is 11.3 Å². The fourth-order valence-corrected chi connectivity index (χ4v) is 2.11. The van der Waals surface area contributed by atoms with Crippen LogP contribution in [0.5, 0.6) is 0 Å². The summed E-state index contributed by atoms with van der Waals surface area (Å²) in [5.74, 6) is 0. The molecule has 0 amide bonds. The summed E-state index contributed by atoms with van der Waals surface area (Å²) in [4.78, 5) is 21.7. The van der Waals surface area contributed by atoms with E-state index in [2.05, 4.69) is 15.9 Å². The molecule has 0 bridgehead atoms. The first kappa shape index (κ1) is 12.1. The standard InChI is InChI=1S/C12H7BrClNO2/c13-9-1-3-10(4-2-9)15-11(7-17)5-8(6-16)12(15)14/h1-7H. The molecule has 0 saturated carbocycles. The van der Waals surface area contributed by atoms with Crippen molar-refractivity contribution in [2.45, 2.75) is 0 Å². The molecule has 86 valence electrons. The fraction of sp³-hybridized carbons (Fsp3) is 0. The molecule has 0 aliphatic heterocycles. The second kappa shape index (κ2) is 4.85. The number of benzene rings is 1. The monoisotopic (exact) mass is 311 g/mol. The summed E-state index contributed by atoms with van der Waals surface area (Å²) in [6.45, 7) is 0. The molecule has 0 fully saturated rings. The number of nitrogens with zero attached hydrogens (tertiary/aromatic N) is 1. The molecule has 5 heteroatoms. The molecule has 3 nitrogen and oxygen atoms in total. The van der Waals surface area contributed by atoms with Crippen molar-refractivity contribution in [2.24, 2.45) is 0 Å². The predicted molar refractivity (Wildman–Crippen MR) is 69.3 cm³/mol. The summed E-state index contributed by atoms with van der Waals surface area (Å²) in [5, 5.41) is 0.240. The molecule has 2 aromatic rings. The van der Waals surface area contributed by atoms with Crippen LogP contribution in [0.15, 0.2) is 34.8 Å². The largest absolute Gasteiger partial charge is 0.298 e. The molecule has 1 aromatic heterocycles. The van der Waals surface area contributed by atoms with Crippen molar-refractivity contribution in [1.29, 1.82) is 0 Å². The van der Waals surface area contributed by atoms with Crippen LogP contribution < -0.4 is 0 Å². The van der Waals surface area contributed by atoms with Gasteiger partial charge in [0.25, 0.3) is 0 Å². The molecule has 0 radical (unpaired) electrons. The molecule has 0 aliphatic carbocycles. The maximum absolute atomic E-state index is 10.9. The average Bonchev–Trinajstić information content (AvgIpc) is 2.67. The van der Waals surface area contributed by atoms with E-state index >= 15 is 0 Å². The van der Waals surface area contributed by atoms with Gasteiger partial charge in [0.2, 0.25) is 0 Å². The second-order valence-electron chi connectivity index (χ2n) is 3.36. The molecule has 0 saturated heterocycles. The lowest BCUT2D eigenvalue weighted by Crippen LogP contribution is -1.98. The van der Waals surface area contributed by atoms with Gasteiger partial charge < -0.3 is 0 Å². The van der Waals surface area contributed by atoms with Crippen LogP contribution in [0.3, 0.4) is 0 Å². The van der Waals surface area contributed by atoms with Crippen LogP contribution in [-0.2, 0) is 0 Å². The average molecular weight is 313 g/mol. The third kappa shape index (κ3) is 2.18. The summed E-state index contributed by atoms with van der Waals surface area (Å²) in [5.41, 5.74) is 1.38. The summed E-state index contributed by atoms with van der Waals surface area (Å²) in [6, 6.07) is 8.74. The molecular formula is C12H7BrClNO2. The number of hydrogen-bond donors (Lipinski definition) is 0. The summed E-state index contributed by atoms with van der Waals surface area (Å²) in [7, 11) is 0. The van der Waals surface area contributed by atoms with Crippen LogP contribution in [0.4, 0.5) is 0 Å². The zero-order chi connectivity index (χ0) is 12.4. The van der Waals surface area contributed by atoms with Crippen molar-refractivity contribution in [3.05, 3.63) is 51.2 Å². The highest BCUT2D eigenvalue weighted by Crippen LogP contribution is 2.25. The number of hydrogen-bond acceptors (Lipinski definition) is 2. The first-order chi connectivity index (χ1) is 8.17. The highest BCUT2D eigenvalue weighted by Gasteiger charge is 2.13. The smallest absolute Gasteiger partial charge is 0.166 e. The Morgan fingerprint density at radius 3 is 2.29 bits per heavy atom. The van der Waals surface area contributed by atoms with Crippen molar-refractivity contribution in [3.63, 3.8) is 0 Å². The summed E-state index contributed by atoms with van der Waals surface area (Å²) in [6.07, 6.45) is 1.30. The first-order valence-corrected chi connectivity index (χ1v) is 5.92. The van der Waals surface area contributed by atoms with E-state index in [4.69, 9.17) is 11.6 Å². The van der Waals surface area contributed by atoms with Crippen LogP contribution >= 0.6 is 27.5 Å². The van der Waals surface area contributed by atoms with E-state index in [1.165, 1.54) is 10.6 Å². The Bertz CT molecular complexity index is 575. The highest BCUT2D eigenvalue weighted by molar-refractivity contribution is 9.10. The van der Waals surface area contributed by atoms with Gasteiger partial charge in [0, 0.05) is 10.2 Å². The molecule has 0 unspecified atom stereocenters. The van der Waals surface area contributed by atoms with Gasteiger partial charge in [-0.25, -0.2) is 0 Å². The van der Waals surface area contributed by atoms with E-state index in [9.17, 15) is 9.59 Å². The zero-order valence-corrected chi connectivity index (χ0v) is 10.9. The van der Waals surface area contributed by atoms with E-state index in [0.29, 0.717) is 23.8 Å². The lowest BCUT2D eigenvalue weighted by atomic mass is 10.3. The molecular weight excluding hydrogens is 305 g/mol. The van der Waals surface area contributed by atoms with Crippen LogP contribution in [0.2, 0.25) is 5.15 Å². The van der Waals surface area contributed by atoms with Gasteiger partial charge in [-0.1, -0.05) is 27.5 Å². The Labute approximate surface area is 111 Å². The normalized spacial score (nSPS) is 10.2. The van der Waals surface area contributed by atoms with Crippen molar-refractivity contribution in [2.75, 3.05) is 0 Å². The maximum Gasteiger partial charge on any atom is 0.166 e. The molecule has 2 rings (SSSR count).